The van der Waals surface area contributed by atoms with Gasteiger partial charge in [-0.05, 0) is 54.8 Å². The van der Waals surface area contributed by atoms with E-state index in [9.17, 15) is 13.2 Å². The Morgan fingerprint density at radius 3 is 2.08 bits per heavy atom. The lowest BCUT2D eigenvalue weighted by molar-refractivity contribution is -0.274. The molecule has 3 aromatic rings. The number of benzene rings is 3. The Morgan fingerprint density at radius 1 is 1.00 bits per heavy atom. The minimum atomic E-state index is -4.73. The van der Waals surface area contributed by atoms with Gasteiger partial charge in [0.2, 0.25) is 0 Å². The number of anilines is 1. The molecular formula is C25H23F3N6OS. The van der Waals surface area contributed by atoms with Gasteiger partial charge in [0.05, 0.1) is 11.4 Å². The molecule has 3 aromatic carbocycles. The maximum atomic E-state index is 12.0. The number of nitrogens with zero attached hydrogens (tertiary/aromatic N) is 3. The Morgan fingerprint density at radius 2 is 1.58 bits per heavy atom. The molecule has 1 aliphatic heterocycles. The smallest absolute Gasteiger partial charge is 0.406 e. The zero-order valence-electron chi connectivity index (χ0n) is 19.4. The van der Waals surface area contributed by atoms with Crippen LogP contribution in [0.5, 0.6) is 5.75 Å². The maximum absolute atomic E-state index is 12.0. The van der Waals surface area contributed by atoms with Gasteiger partial charge in [-0.2, -0.15) is 0 Å². The standard InChI is InChI=1S/C16H13F3N4O.C9H10N2S/c17-16(18,19)24-14-7-5-13(6-8-14)22-10-23-15(21)12-3-1-11(9-20)2-4-12;1-6-4-3-5-7(2)8(6)11-9(10)12-11/h1-10,20H,(H2,21,22,23);3-5,10H,1-2H3. The third-order valence-corrected chi connectivity index (χ3v) is 5.55. The van der Waals surface area contributed by atoms with Crippen molar-refractivity contribution in [2.75, 3.05) is 4.31 Å². The van der Waals surface area contributed by atoms with Crippen LogP contribution in [0.1, 0.15) is 22.3 Å². The number of hydrogen-bond donors (Lipinski definition) is 3. The van der Waals surface area contributed by atoms with E-state index in [1.807, 2.05) is 10.4 Å². The molecule has 0 bridgehead atoms. The minimum absolute atomic E-state index is 0.229. The van der Waals surface area contributed by atoms with Crippen LogP contribution in [0.2, 0.25) is 0 Å². The minimum Gasteiger partial charge on any atom is -0.406 e. The molecule has 0 amide bonds. The Kier molecular flexibility index (Phi) is 8.49. The van der Waals surface area contributed by atoms with E-state index in [-0.39, 0.29) is 11.6 Å². The molecule has 0 radical (unpaired) electrons. The lowest BCUT2D eigenvalue weighted by atomic mass is 10.1. The van der Waals surface area contributed by atoms with Crippen molar-refractivity contribution in [3.8, 4) is 5.75 Å². The molecule has 0 aliphatic carbocycles. The predicted octanol–water partition coefficient (Wildman–Crippen LogP) is 6.35. The van der Waals surface area contributed by atoms with Crippen molar-refractivity contribution in [1.29, 1.82) is 10.8 Å². The van der Waals surface area contributed by atoms with Crippen molar-refractivity contribution in [2.24, 2.45) is 15.7 Å². The van der Waals surface area contributed by atoms with E-state index in [1.54, 1.807) is 24.3 Å². The van der Waals surface area contributed by atoms with Crippen molar-refractivity contribution >= 4 is 46.9 Å². The van der Waals surface area contributed by atoms with Crippen LogP contribution in [0.4, 0.5) is 24.5 Å². The Hall–Kier alpha value is -4.12. The fraction of sp³-hybridized carbons (Fsp3) is 0.120. The van der Waals surface area contributed by atoms with Crippen LogP contribution in [0.15, 0.2) is 76.7 Å². The van der Waals surface area contributed by atoms with E-state index in [1.165, 1.54) is 53.4 Å². The zero-order valence-corrected chi connectivity index (χ0v) is 20.2. The molecule has 0 saturated carbocycles. The van der Waals surface area contributed by atoms with Crippen LogP contribution in [0.3, 0.4) is 0 Å². The van der Waals surface area contributed by atoms with Gasteiger partial charge in [-0.15, -0.1) is 13.2 Å². The average molecular weight is 513 g/mol. The Bertz CT molecular complexity index is 1270. The number of ether oxygens (including phenoxy) is 1. The molecule has 7 nitrogen and oxygen atoms in total. The third kappa shape index (κ3) is 7.70. The first-order valence-electron chi connectivity index (χ1n) is 10.5. The summed E-state index contributed by atoms with van der Waals surface area (Å²) in [5.74, 6) is -0.0944. The van der Waals surface area contributed by atoms with Crippen LogP contribution in [-0.2, 0) is 0 Å². The van der Waals surface area contributed by atoms with Crippen LogP contribution < -0.4 is 14.8 Å². The summed E-state index contributed by atoms with van der Waals surface area (Å²) >= 11 is 1.49. The van der Waals surface area contributed by atoms with Crippen LogP contribution in [0, 0.1) is 24.7 Å². The van der Waals surface area contributed by atoms with Crippen LogP contribution in [0.25, 0.3) is 0 Å². The van der Waals surface area contributed by atoms with Gasteiger partial charge in [0.15, 0.2) is 5.17 Å². The molecule has 1 fully saturated rings. The molecule has 4 rings (SSSR count). The second-order valence-electron chi connectivity index (χ2n) is 7.50. The van der Waals surface area contributed by atoms with Gasteiger partial charge in [0.1, 0.15) is 17.9 Å². The van der Waals surface area contributed by atoms with Crippen LogP contribution in [-0.4, -0.2) is 29.9 Å². The topological polar surface area (TPSA) is 111 Å². The Labute approximate surface area is 210 Å². The SMILES string of the molecule is Cc1cccc(C)c1N1SC1=N.N=Cc1ccc(C(N)=NC=Nc2ccc(OC(F)(F)F)cc2)cc1. The van der Waals surface area contributed by atoms with Gasteiger partial charge in [-0.25, -0.2) is 9.98 Å². The number of alkyl halides is 3. The van der Waals surface area contributed by atoms with E-state index < -0.39 is 6.36 Å². The molecule has 1 aliphatic rings. The molecule has 4 N–H and O–H groups in total. The highest BCUT2D eigenvalue weighted by atomic mass is 32.2. The number of aliphatic imine (C=N–C) groups is 2. The number of nitrogens with two attached hydrogens (primary N) is 1. The molecule has 0 spiro atoms. The van der Waals surface area contributed by atoms with E-state index >= 15 is 0 Å². The number of aryl methyl sites for hydroxylation is 2. The van der Waals surface area contributed by atoms with Crippen molar-refractivity contribution < 1.29 is 17.9 Å². The first kappa shape index (κ1) is 26.5. The second kappa shape index (κ2) is 11.5. The predicted molar refractivity (Wildman–Crippen MR) is 140 cm³/mol. The lowest BCUT2D eigenvalue weighted by Gasteiger charge is -2.08. The molecular weight excluding hydrogens is 489 g/mol. The monoisotopic (exact) mass is 512 g/mol. The van der Waals surface area contributed by atoms with Crippen LogP contribution >= 0.6 is 11.9 Å². The van der Waals surface area contributed by atoms with Gasteiger partial charge in [0, 0.05) is 23.7 Å². The van der Waals surface area contributed by atoms with Crippen molar-refractivity contribution in [2.45, 2.75) is 20.2 Å². The number of halogens is 3. The number of para-hydroxylation sites is 1. The van der Waals surface area contributed by atoms with Crippen molar-refractivity contribution in [3.63, 3.8) is 0 Å². The van der Waals surface area contributed by atoms with Gasteiger partial charge in [-0.1, -0.05) is 42.5 Å². The molecule has 36 heavy (non-hydrogen) atoms. The highest BCUT2D eigenvalue weighted by Crippen LogP contribution is 2.41. The molecule has 0 unspecified atom stereocenters. The Balaban J connectivity index is 0.000000249. The van der Waals surface area contributed by atoms with Crippen molar-refractivity contribution in [1.82, 2.24) is 0 Å². The third-order valence-electron chi connectivity index (χ3n) is 4.82. The number of nitrogens with one attached hydrogen (secondary N) is 2. The largest absolute Gasteiger partial charge is 0.573 e. The normalized spacial score (nSPS) is 13.3. The van der Waals surface area contributed by atoms with E-state index in [0.717, 1.165) is 17.7 Å². The highest BCUT2D eigenvalue weighted by molar-refractivity contribution is 8.26. The maximum Gasteiger partial charge on any atom is 0.573 e. The summed E-state index contributed by atoms with van der Waals surface area (Å²) in [5.41, 5.74) is 11.3. The van der Waals surface area contributed by atoms with E-state index in [2.05, 4.69) is 40.7 Å². The molecule has 11 heteroatoms. The lowest BCUT2D eigenvalue weighted by Crippen LogP contribution is -2.16. The van der Waals surface area contributed by atoms with Gasteiger partial charge < -0.3 is 15.9 Å². The van der Waals surface area contributed by atoms with Gasteiger partial charge in [0.25, 0.3) is 0 Å². The molecule has 1 saturated heterocycles. The van der Waals surface area contributed by atoms with E-state index in [0.29, 0.717) is 16.4 Å². The summed E-state index contributed by atoms with van der Waals surface area (Å²) in [5, 5.41) is 15.1. The summed E-state index contributed by atoms with van der Waals surface area (Å²) in [7, 11) is 0. The van der Waals surface area contributed by atoms with Gasteiger partial charge >= 0.3 is 6.36 Å². The second-order valence-corrected chi connectivity index (χ2v) is 8.43. The molecule has 1 heterocycles. The zero-order chi connectivity index (χ0) is 26.3. The first-order chi connectivity index (χ1) is 17.1. The quantitative estimate of drug-likeness (QED) is 0.155. The fourth-order valence-electron chi connectivity index (χ4n) is 3.06. The number of rotatable bonds is 6. The van der Waals surface area contributed by atoms with Gasteiger partial charge in [-0.3, -0.25) is 9.71 Å². The summed E-state index contributed by atoms with van der Waals surface area (Å²) in [4.78, 5) is 7.94. The van der Waals surface area contributed by atoms with Crippen molar-refractivity contribution in [3.05, 3.63) is 89.0 Å². The molecule has 0 aromatic heterocycles. The van der Waals surface area contributed by atoms with E-state index in [4.69, 9.17) is 16.6 Å². The summed E-state index contributed by atoms with van der Waals surface area (Å²) in [6, 6.07) is 18.1. The molecule has 0 atom stereocenters. The first-order valence-corrected chi connectivity index (χ1v) is 11.3. The summed E-state index contributed by atoms with van der Waals surface area (Å²) < 4.78 is 41.8. The summed E-state index contributed by atoms with van der Waals surface area (Å²) in [6.07, 6.45) is -2.30. The number of amidine groups is 2. The number of hydrogen-bond acceptors (Lipinski definition) is 5. The summed E-state index contributed by atoms with van der Waals surface area (Å²) in [6.45, 7) is 4.16. The fourth-order valence-corrected chi connectivity index (χ4v) is 3.66. The highest BCUT2D eigenvalue weighted by Gasteiger charge is 2.32. The molecule has 186 valence electrons. The average Bonchev–Trinajstić information content (AvgIpc) is 3.55.